The summed E-state index contributed by atoms with van der Waals surface area (Å²) < 4.78 is 5.64. The Morgan fingerprint density at radius 1 is 1.04 bits per heavy atom. The van der Waals surface area contributed by atoms with Crippen LogP contribution >= 0.6 is 0 Å². The SMILES string of the molecule is CC(C)(C)C(=O)Oc1cccc(C23CC4CC(CC(C4)C2)C3)c1. The maximum Gasteiger partial charge on any atom is 0.316 e. The highest BCUT2D eigenvalue weighted by atomic mass is 16.5. The van der Waals surface area contributed by atoms with Crippen molar-refractivity contribution in [2.45, 2.75) is 64.7 Å². The molecule has 0 aromatic heterocycles. The number of carbonyl (C=O) groups is 1. The number of carbonyl (C=O) groups excluding carboxylic acids is 1. The molecule has 0 unspecified atom stereocenters. The maximum atomic E-state index is 12.2. The fourth-order valence-electron chi connectivity index (χ4n) is 5.61. The molecule has 0 aliphatic heterocycles. The molecule has 0 heterocycles. The minimum Gasteiger partial charge on any atom is -0.426 e. The van der Waals surface area contributed by atoms with Crippen molar-refractivity contribution in [3.8, 4) is 5.75 Å². The standard InChI is InChI=1S/C21H28O2/c1-20(2,3)19(22)23-18-6-4-5-17(10-18)21-11-14-7-15(12-21)9-16(8-14)13-21/h4-6,10,14-16H,7-9,11-13H2,1-3H3. The van der Waals surface area contributed by atoms with Crippen LogP contribution < -0.4 is 4.74 Å². The summed E-state index contributed by atoms with van der Waals surface area (Å²) in [5.74, 6) is 3.37. The summed E-state index contributed by atoms with van der Waals surface area (Å²) in [5, 5.41) is 0. The second kappa shape index (κ2) is 5.09. The van der Waals surface area contributed by atoms with Crippen LogP contribution in [-0.4, -0.2) is 5.97 Å². The van der Waals surface area contributed by atoms with Crippen molar-refractivity contribution in [2.24, 2.45) is 23.2 Å². The largest absolute Gasteiger partial charge is 0.426 e. The van der Waals surface area contributed by atoms with Gasteiger partial charge >= 0.3 is 5.97 Å². The molecule has 4 saturated carbocycles. The fourth-order valence-corrected chi connectivity index (χ4v) is 5.61. The van der Waals surface area contributed by atoms with Gasteiger partial charge in [-0.15, -0.1) is 0 Å². The monoisotopic (exact) mass is 312 g/mol. The van der Waals surface area contributed by atoms with Gasteiger partial charge in [-0.2, -0.15) is 0 Å². The van der Waals surface area contributed by atoms with Gasteiger partial charge in [-0.25, -0.2) is 0 Å². The first kappa shape index (κ1) is 15.2. The van der Waals surface area contributed by atoms with Crippen molar-refractivity contribution in [3.63, 3.8) is 0 Å². The van der Waals surface area contributed by atoms with Crippen molar-refractivity contribution in [1.29, 1.82) is 0 Å². The molecule has 0 N–H and O–H groups in total. The number of hydrogen-bond acceptors (Lipinski definition) is 2. The Hall–Kier alpha value is -1.31. The molecule has 124 valence electrons. The molecule has 0 spiro atoms. The predicted molar refractivity (Wildman–Crippen MR) is 91.4 cm³/mol. The van der Waals surface area contributed by atoms with Crippen LogP contribution in [0.4, 0.5) is 0 Å². The smallest absolute Gasteiger partial charge is 0.316 e. The van der Waals surface area contributed by atoms with E-state index in [0.29, 0.717) is 5.41 Å². The average molecular weight is 312 g/mol. The first-order chi connectivity index (χ1) is 10.8. The minimum absolute atomic E-state index is 0.153. The van der Waals surface area contributed by atoms with E-state index in [-0.39, 0.29) is 5.97 Å². The number of ether oxygens (including phenoxy) is 1. The molecule has 4 aliphatic carbocycles. The van der Waals surface area contributed by atoms with E-state index in [1.165, 1.54) is 44.1 Å². The van der Waals surface area contributed by atoms with E-state index >= 15 is 0 Å². The van der Waals surface area contributed by atoms with Gasteiger partial charge < -0.3 is 4.74 Å². The second-order valence-corrected chi connectivity index (χ2v) is 9.37. The van der Waals surface area contributed by atoms with Gasteiger partial charge in [-0.1, -0.05) is 12.1 Å². The Morgan fingerprint density at radius 3 is 2.13 bits per heavy atom. The lowest BCUT2D eigenvalue weighted by Gasteiger charge is -2.57. The van der Waals surface area contributed by atoms with E-state index < -0.39 is 5.41 Å². The lowest BCUT2D eigenvalue weighted by molar-refractivity contribution is -0.143. The molecule has 4 fully saturated rings. The minimum atomic E-state index is -0.462. The van der Waals surface area contributed by atoms with E-state index in [9.17, 15) is 4.79 Å². The van der Waals surface area contributed by atoms with Crippen molar-refractivity contribution in [2.75, 3.05) is 0 Å². The highest BCUT2D eigenvalue weighted by molar-refractivity contribution is 5.77. The Kier molecular flexibility index (Phi) is 3.37. The molecule has 0 saturated heterocycles. The average Bonchev–Trinajstić information content (AvgIpc) is 2.45. The molecular weight excluding hydrogens is 284 g/mol. The number of esters is 1. The summed E-state index contributed by atoms with van der Waals surface area (Å²) in [4.78, 5) is 12.2. The van der Waals surface area contributed by atoms with Crippen LogP contribution in [0.5, 0.6) is 5.75 Å². The van der Waals surface area contributed by atoms with E-state index in [0.717, 1.165) is 23.5 Å². The molecular formula is C21H28O2. The number of hydrogen-bond donors (Lipinski definition) is 0. The molecule has 2 nitrogen and oxygen atoms in total. The lowest BCUT2D eigenvalue weighted by Crippen LogP contribution is -2.48. The van der Waals surface area contributed by atoms with Gasteiger partial charge in [-0.05, 0) is 100 Å². The summed E-state index contributed by atoms with van der Waals surface area (Å²) in [6.07, 6.45) is 8.40. The molecule has 0 atom stereocenters. The molecule has 2 heteroatoms. The van der Waals surface area contributed by atoms with E-state index in [4.69, 9.17) is 4.74 Å². The van der Waals surface area contributed by atoms with Crippen LogP contribution in [0.1, 0.15) is 64.9 Å². The Morgan fingerprint density at radius 2 is 1.61 bits per heavy atom. The van der Waals surface area contributed by atoms with Gasteiger partial charge in [0.1, 0.15) is 5.75 Å². The quantitative estimate of drug-likeness (QED) is 0.560. The summed E-state index contributed by atoms with van der Waals surface area (Å²) in [7, 11) is 0. The van der Waals surface area contributed by atoms with E-state index in [1.54, 1.807) is 0 Å². The lowest BCUT2D eigenvalue weighted by atomic mass is 9.48. The molecule has 4 bridgehead atoms. The zero-order chi connectivity index (χ0) is 16.2. The molecule has 1 aromatic carbocycles. The second-order valence-electron chi connectivity index (χ2n) is 9.37. The van der Waals surface area contributed by atoms with Crippen LogP contribution in [0.3, 0.4) is 0 Å². The Labute approximate surface area is 139 Å². The normalized spacial score (nSPS) is 35.3. The van der Waals surface area contributed by atoms with Crippen molar-refractivity contribution >= 4 is 5.97 Å². The van der Waals surface area contributed by atoms with Crippen LogP contribution in [-0.2, 0) is 10.2 Å². The van der Waals surface area contributed by atoms with Crippen LogP contribution in [0.2, 0.25) is 0 Å². The number of benzene rings is 1. The molecule has 5 rings (SSSR count). The predicted octanol–water partition coefficient (Wildman–Crippen LogP) is 5.11. The molecule has 23 heavy (non-hydrogen) atoms. The summed E-state index contributed by atoms with van der Waals surface area (Å²) in [6, 6.07) is 8.41. The summed E-state index contributed by atoms with van der Waals surface area (Å²) >= 11 is 0. The van der Waals surface area contributed by atoms with Crippen LogP contribution in [0.15, 0.2) is 24.3 Å². The molecule has 1 aromatic rings. The van der Waals surface area contributed by atoms with Gasteiger partial charge in [0.2, 0.25) is 0 Å². The molecule has 0 radical (unpaired) electrons. The van der Waals surface area contributed by atoms with Crippen molar-refractivity contribution in [1.82, 2.24) is 0 Å². The highest BCUT2D eigenvalue weighted by Gasteiger charge is 2.51. The molecule has 4 aliphatic rings. The Balaban J connectivity index is 1.60. The van der Waals surface area contributed by atoms with Gasteiger partial charge in [0, 0.05) is 0 Å². The molecule has 0 amide bonds. The first-order valence-electron chi connectivity index (χ1n) is 9.17. The van der Waals surface area contributed by atoms with E-state index in [1.807, 2.05) is 26.8 Å². The third-order valence-corrected chi connectivity index (χ3v) is 6.31. The fraction of sp³-hybridized carbons (Fsp3) is 0.667. The number of rotatable bonds is 2. The third-order valence-electron chi connectivity index (χ3n) is 6.31. The van der Waals surface area contributed by atoms with E-state index in [2.05, 4.69) is 18.2 Å². The van der Waals surface area contributed by atoms with Gasteiger partial charge in [0.25, 0.3) is 0 Å². The van der Waals surface area contributed by atoms with Gasteiger partial charge in [0.05, 0.1) is 5.41 Å². The first-order valence-corrected chi connectivity index (χ1v) is 9.17. The zero-order valence-corrected chi connectivity index (χ0v) is 14.6. The summed E-state index contributed by atoms with van der Waals surface area (Å²) in [5.41, 5.74) is 1.31. The third kappa shape index (κ3) is 2.70. The van der Waals surface area contributed by atoms with Crippen LogP contribution in [0, 0.1) is 23.2 Å². The maximum absolute atomic E-state index is 12.2. The summed E-state index contributed by atoms with van der Waals surface area (Å²) in [6.45, 7) is 5.70. The Bertz CT molecular complexity index is 588. The highest BCUT2D eigenvalue weighted by Crippen LogP contribution is 2.60. The van der Waals surface area contributed by atoms with Crippen molar-refractivity contribution in [3.05, 3.63) is 29.8 Å². The van der Waals surface area contributed by atoms with Gasteiger partial charge in [-0.3, -0.25) is 4.79 Å². The topological polar surface area (TPSA) is 26.3 Å². The van der Waals surface area contributed by atoms with Crippen LogP contribution in [0.25, 0.3) is 0 Å². The van der Waals surface area contributed by atoms with Crippen molar-refractivity contribution < 1.29 is 9.53 Å². The van der Waals surface area contributed by atoms with Gasteiger partial charge in [0.15, 0.2) is 0 Å². The zero-order valence-electron chi connectivity index (χ0n) is 14.6.